The highest BCUT2D eigenvalue weighted by atomic mass is 16.5. The average molecular weight is 200 g/mol. The van der Waals surface area contributed by atoms with E-state index in [1.165, 1.54) is 0 Å². The van der Waals surface area contributed by atoms with Crippen molar-refractivity contribution in [3.05, 3.63) is 0 Å². The number of amides is 1. The first-order chi connectivity index (χ1) is 6.77. The zero-order chi connectivity index (χ0) is 10.4. The summed E-state index contributed by atoms with van der Waals surface area (Å²) in [4.78, 5) is 11.4. The van der Waals surface area contributed by atoms with E-state index in [1.54, 1.807) is 7.05 Å². The maximum atomic E-state index is 11.4. The van der Waals surface area contributed by atoms with Crippen LogP contribution in [0.15, 0.2) is 0 Å². The van der Waals surface area contributed by atoms with E-state index < -0.39 is 0 Å². The van der Waals surface area contributed by atoms with Gasteiger partial charge in [0.05, 0.1) is 6.10 Å². The van der Waals surface area contributed by atoms with Gasteiger partial charge >= 0.3 is 0 Å². The summed E-state index contributed by atoms with van der Waals surface area (Å²) in [6.45, 7) is 3.90. The van der Waals surface area contributed by atoms with Crippen LogP contribution < -0.4 is 10.6 Å². The molecule has 2 unspecified atom stereocenters. The van der Waals surface area contributed by atoms with Crippen molar-refractivity contribution in [3.8, 4) is 0 Å². The number of carbonyl (C=O) groups excluding carboxylic acids is 1. The van der Waals surface area contributed by atoms with Gasteiger partial charge in [-0.2, -0.15) is 0 Å². The number of rotatable bonds is 4. The third-order valence-corrected chi connectivity index (χ3v) is 2.52. The fraction of sp³-hybridized carbons (Fsp3) is 0.900. The molecule has 1 fully saturated rings. The highest BCUT2D eigenvalue weighted by Crippen LogP contribution is 2.10. The summed E-state index contributed by atoms with van der Waals surface area (Å²) < 4.78 is 5.72. The van der Waals surface area contributed by atoms with Gasteiger partial charge in [0, 0.05) is 13.6 Å². The third kappa shape index (κ3) is 3.27. The van der Waals surface area contributed by atoms with Crippen molar-refractivity contribution in [1.82, 2.24) is 10.6 Å². The van der Waals surface area contributed by atoms with Crippen molar-refractivity contribution in [2.75, 3.05) is 20.1 Å². The summed E-state index contributed by atoms with van der Waals surface area (Å²) in [7, 11) is 1.65. The molecule has 0 aromatic rings. The standard InChI is InChI=1S/C10H20N2O2/c1-3-9(10(13)11-2)14-8-5-4-6-12-7-8/h8-9,12H,3-7H2,1-2H3,(H,11,13). The molecule has 0 aliphatic carbocycles. The molecule has 1 heterocycles. The molecule has 1 saturated heterocycles. The van der Waals surface area contributed by atoms with Crippen LogP contribution in [0.4, 0.5) is 0 Å². The molecule has 82 valence electrons. The molecule has 0 bridgehead atoms. The molecule has 4 nitrogen and oxygen atoms in total. The second-order valence-electron chi connectivity index (χ2n) is 3.62. The van der Waals surface area contributed by atoms with Gasteiger partial charge in [-0.1, -0.05) is 6.92 Å². The van der Waals surface area contributed by atoms with Crippen LogP contribution in [0.1, 0.15) is 26.2 Å². The normalized spacial score (nSPS) is 24.3. The molecular weight excluding hydrogens is 180 g/mol. The van der Waals surface area contributed by atoms with E-state index in [9.17, 15) is 4.79 Å². The summed E-state index contributed by atoms with van der Waals surface area (Å²) in [5, 5.41) is 5.89. The molecule has 2 atom stereocenters. The van der Waals surface area contributed by atoms with Gasteiger partial charge < -0.3 is 15.4 Å². The van der Waals surface area contributed by atoms with Crippen LogP contribution in [0.2, 0.25) is 0 Å². The first-order valence-corrected chi connectivity index (χ1v) is 5.35. The maximum absolute atomic E-state index is 11.4. The van der Waals surface area contributed by atoms with Crippen LogP contribution in [0, 0.1) is 0 Å². The first-order valence-electron chi connectivity index (χ1n) is 5.35. The zero-order valence-electron chi connectivity index (χ0n) is 9.01. The lowest BCUT2D eigenvalue weighted by Gasteiger charge is -2.26. The summed E-state index contributed by atoms with van der Waals surface area (Å²) in [6, 6.07) is 0. The Balaban J connectivity index is 2.34. The van der Waals surface area contributed by atoms with Crippen LogP contribution in [0.3, 0.4) is 0 Å². The molecule has 0 aromatic heterocycles. The van der Waals surface area contributed by atoms with Crippen molar-refractivity contribution in [2.45, 2.75) is 38.4 Å². The Morgan fingerprint density at radius 2 is 2.50 bits per heavy atom. The van der Waals surface area contributed by atoms with Gasteiger partial charge in [-0.25, -0.2) is 0 Å². The van der Waals surface area contributed by atoms with E-state index in [2.05, 4.69) is 10.6 Å². The largest absolute Gasteiger partial charge is 0.364 e. The van der Waals surface area contributed by atoms with Crippen molar-refractivity contribution in [2.24, 2.45) is 0 Å². The lowest BCUT2D eigenvalue weighted by molar-refractivity contribution is -0.137. The minimum atomic E-state index is -0.287. The summed E-state index contributed by atoms with van der Waals surface area (Å²) >= 11 is 0. The molecule has 1 amide bonds. The summed E-state index contributed by atoms with van der Waals surface area (Å²) in [6.07, 6.45) is 2.84. The predicted molar refractivity (Wildman–Crippen MR) is 55.1 cm³/mol. The van der Waals surface area contributed by atoms with Crippen molar-refractivity contribution < 1.29 is 9.53 Å². The first kappa shape index (κ1) is 11.5. The zero-order valence-corrected chi connectivity index (χ0v) is 9.01. The third-order valence-electron chi connectivity index (χ3n) is 2.52. The molecule has 0 spiro atoms. The van der Waals surface area contributed by atoms with Crippen LogP contribution in [-0.2, 0) is 9.53 Å². The summed E-state index contributed by atoms with van der Waals surface area (Å²) in [5.41, 5.74) is 0. The number of nitrogens with one attached hydrogen (secondary N) is 2. The van der Waals surface area contributed by atoms with Crippen molar-refractivity contribution >= 4 is 5.91 Å². The Bertz CT molecular complexity index is 179. The molecule has 1 rings (SSSR count). The van der Waals surface area contributed by atoms with Gasteiger partial charge in [0.25, 0.3) is 0 Å². The Labute approximate surface area is 85.4 Å². The second-order valence-corrected chi connectivity index (χ2v) is 3.62. The molecule has 1 aliphatic heterocycles. The fourth-order valence-corrected chi connectivity index (χ4v) is 1.67. The lowest BCUT2D eigenvalue weighted by Crippen LogP contribution is -2.42. The Morgan fingerprint density at radius 3 is 3.00 bits per heavy atom. The Hall–Kier alpha value is -0.610. The van der Waals surface area contributed by atoms with E-state index in [-0.39, 0.29) is 18.1 Å². The summed E-state index contributed by atoms with van der Waals surface area (Å²) in [5.74, 6) is -0.0157. The van der Waals surface area contributed by atoms with Crippen molar-refractivity contribution in [1.29, 1.82) is 0 Å². The molecular formula is C10H20N2O2. The predicted octanol–water partition coefficient (Wildman–Crippen LogP) is 0.280. The fourth-order valence-electron chi connectivity index (χ4n) is 1.67. The van der Waals surface area contributed by atoms with E-state index in [1.807, 2.05) is 6.92 Å². The van der Waals surface area contributed by atoms with Crippen LogP contribution in [-0.4, -0.2) is 38.3 Å². The molecule has 2 N–H and O–H groups in total. The highest BCUT2D eigenvalue weighted by molar-refractivity contribution is 5.80. The lowest BCUT2D eigenvalue weighted by atomic mass is 10.1. The highest BCUT2D eigenvalue weighted by Gasteiger charge is 2.22. The molecule has 14 heavy (non-hydrogen) atoms. The van der Waals surface area contributed by atoms with Gasteiger partial charge in [0.2, 0.25) is 5.91 Å². The minimum Gasteiger partial charge on any atom is -0.364 e. The maximum Gasteiger partial charge on any atom is 0.248 e. The molecule has 4 heteroatoms. The number of likely N-dealkylation sites (N-methyl/N-ethyl adjacent to an activating group) is 1. The monoisotopic (exact) mass is 200 g/mol. The van der Waals surface area contributed by atoms with Gasteiger partial charge in [-0.15, -0.1) is 0 Å². The second kappa shape index (κ2) is 5.98. The number of hydrogen-bond donors (Lipinski definition) is 2. The van der Waals surface area contributed by atoms with E-state index in [0.717, 1.165) is 32.4 Å². The Morgan fingerprint density at radius 1 is 1.71 bits per heavy atom. The van der Waals surface area contributed by atoms with E-state index in [4.69, 9.17) is 4.74 Å². The van der Waals surface area contributed by atoms with Gasteiger partial charge in [-0.3, -0.25) is 4.79 Å². The molecule has 0 aromatic carbocycles. The minimum absolute atomic E-state index is 0.0157. The van der Waals surface area contributed by atoms with Gasteiger partial charge in [0.1, 0.15) is 6.10 Å². The smallest absolute Gasteiger partial charge is 0.248 e. The number of carbonyl (C=O) groups is 1. The van der Waals surface area contributed by atoms with Crippen LogP contribution in [0.5, 0.6) is 0 Å². The number of ether oxygens (including phenoxy) is 1. The van der Waals surface area contributed by atoms with Gasteiger partial charge in [-0.05, 0) is 25.8 Å². The molecule has 0 radical (unpaired) electrons. The topological polar surface area (TPSA) is 50.4 Å². The molecule has 0 saturated carbocycles. The van der Waals surface area contributed by atoms with Gasteiger partial charge in [0.15, 0.2) is 0 Å². The quantitative estimate of drug-likeness (QED) is 0.685. The molecule has 1 aliphatic rings. The SMILES string of the molecule is CCC(OC1CCCNC1)C(=O)NC. The number of hydrogen-bond acceptors (Lipinski definition) is 3. The van der Waals surface area contributed by atoms with E-state index in [0.29, 0.717) is 0 Å². The van der Waals surface area contributed by atoms with Crippen molar-refractivity contribution in [3.63, 3.8) is 0 Å². The van der Waals surface area contributed by atoms with E-state index >= 15 is 0 Å². The number of piperidine rings is 1. The average Bonchev–Trinajstić information content (AvgIpc) is 2.26. The van der Waals surface area contributed by atoms with Crippen LogP contribution in [0.25, 0.3) is 0 Å². The Kier molecular flexibility index (Phi) is 4.90. The van der Waals surface area contributed by atoms with Crippen LogP contribution >= 0.6 is 0 Å².